The predicted molar refractivity (Wildman–Crippen MR) is 92.8 cm³/mol. The molecule has 0 aromatic heterocycles. The van der Waals surface area contributed by atoms with Crippen molar-refractivity contribution < 1.29 is 23.1 Å². The maximum Gasteiger partial charge on any atom is 0.326 e. The summed E-state index contributed by atoms with van der Waals surface area (Å²) in [5.74, 6) is -1.39. The molecule has 1 aliphatic rings. The first-order valence-corrected chi connectivity index (χ1v) is 9.72. The Balaban J connectivity index is 2.24. The number of hydrogen-bond donors (Lipinski definition) is 1. The zero-order valence-corrected chi connectivity index (χ0v) is 15.5. The Morgan fingerprint density at radius 1 is 1.20 bits per heavy atom. The van der Waals surface area contributed by atoms with Crippen molar-refractivity contribution in [2.75, 3.05) is 13.6 Å². The first-order valence-electron chi connectivity index (χ1n) is 8.28. The van der Waals surface area contributed by atoms with E-state index in [1.165, 1.54) is 40.5 Å². The van der Waals surface area contributed by atoms with Crippen LogP contribution in [-0.4, -0.2) is 60.3 Å². The third-order valence-electron chi connectivity index (χ3n) is 4.55. The van der Waals surface area contributed by atoms with Crippen LogP contribution in [0.25, 0.3) is 0 Å². The van der Waals surface area contributed by atoms with E-state index in [0.717, 1.165) is 12.8 Å². The van der Waals surface area contributed by atoms with Gasteiger partial charge in [-0.15, -0.1) is 0 Å². The van der Waals surface area contributed by atoms with Crippen molar-refractivity contribution in [1.82, 2.24) is 9.21 Å². The molecule has 2 rings (SSSR count). The monoisotopic (exact) mass is 368 g/mol. The summed E-state index contributed by atoms with van der Waals surface area (Å²) < 4.78 is 26.2. The average molecular weight is 368 g/mol. The number of nitrogens with zero attached hydrogens (tertiary/aromatic N) is 2. The van der Waals surface area contributed by atoms with Crippen LogP contribution in [0, 0.1) is 0 Å². The van der Waals surface area contributed by atoms with E-state index in [1.54, 1.807) is 13.8 Å². The Bertz CT molecular complexity index is 743. The minimum atomic E-state index is -3.62. The van der Waals surface area contributed by atoms with Crippen LogP contribution in [0.2, 0.25) is 0 Å². The average Bonchev–Trinajstić information content (AvgIpc) is 2.60. The summed E-state index contributed by atoms with van der Waals surface area (Å²) in [6.45, 7) is 3.95. The van der Waals surface area contributed by atoms with Crippen molar-refractivity contribution >= 4 is 21.9 Å². The highest BCUT2D eigenvalue weighted by molar-refractivity contribution is 7.89. The molecule has 0 bridgehead atoms. The van der Waals surface area contributed by atoms with Gasteiger partial charge in [-0.05, 0) is 57.4 Å². The number of carboxylic acids is 1. The molecule has 8 heteroatoms. The molecule has 1 N–H and O–H groups in total. The molecule has 7 nitrogen and oxygen atoms in total. The van der Waals surface area contributed by atoms with E-state index in [9.17, 15) is 23.1 Å². The highest BCUT2D eigenvalue weighted by Crippen LogP contribution is 2.22. The minimum Gasteiger partial charge on any atom is -0.480 e. The zero-order valence-electron chi connectivity index (χ0n) is 14.7. The molecular weight excluding hydrogens is 344 g/mol. The van der Waals surface area contributed by atoms with Crippen LogP contribution in [0.3, 0.4) is 0 Å². The number of aliphatic carboxylic acids is 1. The largest absolute Gasteiger partial charge is 0.480 e. The molecule has 1 aromatic carbocycles. The number of amides is 1. The Labute approximate surface area is 148 Å². The van der Waals surface area contributed by atoms with Crippen LogP contribution in [0.4, 0.5) is 0 Å². The summed E-state index contributed by atoms with van der Waals surface area (Å²) in [4.78, 5) is 25.4. The Kier molecular flexibility index (Phi) is 5.84. The molecule has 138 valence electrons. The highest BCUT2D eigenvalue weighted by atomic mass is 32.2. The molecule has 1 saturated heterocycles. The fourth-order valence-corrected chi connectivity index (χ4v) is 4.18. The van der Waals surface area contributed by atoms with Gasteiger partial charge in [0.1, 0.15) is 6.04 Å². The minimum absolute atomic E-state index is 0.105. The van der Waals surface area contributed by atoms with Gasteiger partial charge in [-0.3, -0.25) is 4.79 Å². The van der Waals surface area contributed by atoms with Crippen LogP contribution in [0.1, 0.15) is 43.5 Å². The molecule has 1 fully saturated rings. The summed E-state index contributed by atoms with van der Waals surface area (Å²) in [5, 5.41) is 9.29. The number of piperidine rings is 1. The first-order chi connectivity index (χ1) is 11.7. The second-order valence-electron chi connectivity index (χ2n) is 6.49. The summed E-state index contributed by atoms with van der Waals surface area (Å²) in [6.07, 6.45) is 1.98. The molecule has 1 unspecified atom stereocenters. The molecule has 1 heterocycles. The number of benzene rings is 1. The van der Waals surface area contributed by atoms with Gasteiger partial charge in [-0.25, -0.2) is 13.2 Å². The van der Waals surface area contributed by atoms with Crippen LogP contribution in [0.15, 0.2) is 29.2 Å². The number of sulfonamides is 1. The quantitative estimate of drug-likeness (QED) is 0.855. The van der Waals surface area contributed by atoms with Crippen LogP contribution < -0.4 is 0 Å². The van der Waals surface area contributed by atoms with Gasteiger partial charge >= 0.3 is 5.97 Å². The van der Waals surface area contributed by atoms with Crippen molar-refractivity contribution in [2.24, 2.45) is 0 Å². The van der Waals surface area contributed by atoms with Crippen LogP contribution in [0.5, 0.6) is 0 Å². The van der Waals surface area contributed by atoms with Gasteiger partial charge in [0.2, 0.25) is 10.0 Å². The van der Waals surface area contributed by atoms with Gasteiger partial charge in [-0.2, -0.15) is 4.31 Å². The van der Waals surface area contributed by atoms with Gasteiger partial charge in [0, 0.05) is 25.2 Å². The van der Waals surface area contributed by atoms with Gasteiger partial charge in [0.05, 0.1) is 4.90 Å². The Hall–Kier alpha value is -1.93. The van der Waals surface area contributed by atoms with Crippen molar-refractivity contribution in [1.29, 1.82) is 0 Å². The second kappa shape index (κ2) is 7.53. The number of carbonyl (C=O) groups is 2. The third kappa shape index (κ3) is 4.01. The number of carbonyl (C=O) groups excluding carboxylic acids is 1. The highest BCUT2D eigenvalue weighted by Gasteiger charge is 2.32. The summed E-state index contributed by atoms with van der Waals surface area (Å²) >= 11 is 0. The van der Waals surface area contributed by atoms with E-state index in [-0.39, 0.29) is 16.8 Å². The second-order valence-corrected chi connectivity index (χ2v) is 8.49. The SMILES string of the molecule is CC(C)N(C)S(=O)(=O)c1ccc(C(=O)N2CCCCC2C(=O)O)cc1. The molecule has 0 spiro atoms. The van der Waals surface area contributed by atoms with Crippen molar-refractivity contribution in [2.45, 2.75) is 50.1 Å². The number of carboxylic acid groups (broad SMARTS) is 1. The van der Waals surface area contributed by atoms with Crippen LogP contribution in [-0.2, 0) is 14.8 Å². The molecule has 1 aliphatic heterocycles. The molecular formula is C17H24N2O5S. The fourth-order valence-electron chi connectivity index (χ4n) is 2.81. The molecule has 0 radical (unpaired) electrons. The summed E-state index contributed by atoms with van der Waals surface area (Å²) in [6, 6.07) is 4.66. The van der Waals surface area contributed by atoms with E-state index < -0.39 is 22.0 Å². The summed E-state index contributed by atoms with van der Waals surface area (Å²) in [7, 11) is -2.11. The van der Waals surface area contributed by atoms with Crippen LogP contribution >= 0.6 is 0 Å². The molecule has 25 heavy (non-hydrogen) atoms. The number of likely N-dealkylation sites (tertiary alicyclic amines) is 1. The van der Waals surface area contributed by atoms with Crippen molar-refractivity contribution in [3.05, 3.63) is 29.8 Å². The lowest BCUT2D eigenvalue weighted by Crippen LogP contribution is -2.48. The van der Waals surface area contributed by atoms with Crippen molar-refractivity contribution in [3.63, 3.8) is 0 Å². The normalized spacial score (nSPS) is 18.6. The van der Waals surface area contributed by atoms with Gasteiger partial charge < -0.3 is 10.0 Å². The Morgan fingerprint density at radius 2 is 1.80 bits per heavy atom. The zero-order chi connectivity index (χ0) is 18.8. The lowest BCUT2D eigenvalue weighted by Gasteiger charge is -2.33. The first kappa shape index (κ1) is 19.4. The van der Waals surface area contributed by atoms with E-state index >= 15 is 0 Å². The van der Waals surface area contributed by atoms with Gasteiger partial charge in [0.25, 0.3) is 5.91 Å². The Morgan fingerprint density at radius 3 is 2.32 bits per heavy atom. The van der Waals surface area contributed by atoms with E-state index in [4.69, 9.17) is 0 Å². The number of hydrogen-bond acceptors (Lipinski definition) is 4. The van der Waals surface area contributed by atoms with E-state index in [0.29, 0.717) is 18.5 Å². The van der Waals surface area contributed by atoms with E-state index in [2.05, 4.69) is 0 Å². The smallest absolute Gasteiger partial charge is 0.326 e. The molecule has 1 aromatic rings. The molecule has 0 aliphatic carbocycles. The fraction of sp³-hybridized carbons (Fsp3) is 0.529. The van der Waals surface area contributed by atoms with Gasteiger partial charge in [0.15, 0.2) is 0 Å². The molecule has 0 saturated carbocycles. The molecule has 1 amide bonds. The lowest BCUT2D eigenvalue weighted by atomic mass is 10.0. The van der Waals surface area contributed by atoms with E-state index in [1.807, 2.05) is 0 Å². The van der Waals surface area contributed by atoms with Crippen molar-refractivity contribution in [3.8, 4) is 0 Å². The topological polar surface area (TPSA) is 95.0 Å². The third-order valence-corrected chi connectivity index (χ3v) is 6.60. The predicted octanol–water partition coefficient (Wildman–Crippen LogP) is 1.79. The number of rotatable bonds is 5. The maximum absolute atomic E-state index is 12.6. The maximum atomic E-state index is 12.6. The lowest BCUT2D eigenvalue weighted by molar-refractivity contribution is -0.143. The standard InChI is InChI=1S/C17H24N2O5S/c1-12(2)18(3)25(23,24)14-9-7-13(8-10-14)16(20)19-11-5-4-6-15(19)17(21)22/h7-10,12,15H,4-6,11H2,1-3H3,(H,21,22). The summed E-state index contributed by atoms with van der Waals surface area (Å²) in [5.41, 5.74) is 0.291. The molecule has 1 atom stereocenters. The van der Waals surface area contributed by atoms with Gasteiger partial charge in [-0.1, -0.05) is 0 Å².